The molecule has 1 aliphatic heterocycles. The monoisotopic (exact) mass is 388 g/mol. The van der Waals surface area contributed by atoms with Crippen LogP contribution in [0.2, 0.25) is 18.1 Å². The average molecular weight is 389 g/mol. The molecule has 1 fully saturated rings. The zero-order valence-corrected chi connectivity index (χ0v) is 17.7. The van der Waals surface area contributed by atoms with E-state index >= 15 is 0 Å². The lowest BCUT2D eigenvalue weighted by atomic mass is 10.0. The van der Waals surface area contributed by atoms with Crippen molar-refractivity contribution in [2.24, 2.45) is 11.5 Å². The third kappa shape index (κ3) is 5.29. The maximum Gasteiger partial charge on any atom is 0.404 e. The fourth-order valence-corrected chi connectivity index (χ4v) is 3.74. The fourth-order valence-electron chi connectivity index (χ4n) is 2.47. The number of hydrogen-bond acceptors (Lipinski definition) is 6. The van der Waals surface area contributed by atoms with E-state index in [2.05, 4.69) is 27.4 Å². The van der Waals surface area contributed by atoms with Crippen molar-refractivity contribution in [1.82, 2.24) is 0 Å². The van der Waals surface area contributed by atoms with Crippen LogP contribution in [0.5, 0.6) is 0 Å². The van der Waals surface area contributed by atoms with E-state index in [1.54, 1.807) is 13.8 Å². The normalized spacial score (nSPS) is 25.3. The zero-order valence-electron chi connectivity index (χ0n) is 16.7. The quantitative estimate of drug-likeness (QED) is 0.508. The van der Waals surface area contributed by atoms with Gasteiger partial charge in [-0.05, 0) is 32.0 Å². The third-order valence-electron chi connectivity index (χ3n) is 4.78. The Bertz CT molecular complexity index is 558. The molecule has 0 saturated carbocycles. The van der Waals surface area contributed by atoms with Crippen molar-refractivity contribution in [3.05, 3.63) is 12.7 Å². The molecule has 0 spiro atoms. The lowest BCUT2D eigenvalue weighted by Gasteiger charge is -2.41. The van der Waals surface area contributed by atoms with Crippen LogP contribution in [0.15, 0.2) is 12.7 Å². The maximum absolute atomic E-state index is 11.8. The zero-order chi connectivity index (χ0) is 20.5. The number of ether oxygens (including phenoxy) is 3. The molecule has 0 bridgehead atoms. The van der Waals surface area contributed by atoms with Crippen molar-refractivity contribution in [2.45, 2.75) is 83.0 Å². The van der Waals surface area contributed by atoms with E-state index in [0.29, 0.717) is 0 Å². The Kier molecular flexibility index (Phi) is 6.67. The van der Waals surface area contributed by atoms with Gasteiger partial charge in [-0.1, -0.05) is 26.8 Å². The molecule has 1 heterocycles. The molecule has 4 N–H and O–H groups in total. The van der Waals surface area contributed by atoms with Gasteiger partial charge in [-0.15, -0.1) is 6.58 Å². The van der Waals surface area contributed by atoms with Gasteiger partial charge in [0.05, 0.1) is 0 Å². The minimum atomic E-state index is -2.25. The molecule has 2 amide bonds. The molecule has 8 nitrogen and oxygen atoms in total. The van der Waals surface area contributed by atoms with Gasteiger partial charge in [-0.25, -0.2) is 4.79 Å². The van der Waals surface area contributed by atoms with E-state index in [9.17, 15) is 9.59 Å². The average Bonchev–Trinajstić information content (AvgIpc) is 2.77. The van der Waals surface area contributed by atoms with Crippen LogP contribution in [0, 0.1) is 0 Å². The summed E-state index contributed by atoms with van der Waals surface area (Å²) < 4.78 is 23.0. The number of carbonyl (C=O) groups excluding carboxylic acids is 2. The van der Waals surface area contributed by atoms with Crippen LogP contribution in [-0.4, -0.2) is 50.5 Å². The van der Waals surface area contributed by atoms with E-state index in [1.165, 1.54) is 6.08 Å². The summed E-state index contributed by atoms with van der Waals surface area (Å²) in [5.41, 5.74) is 10.7. The van der Waals surface area contributed by atoms with Crippen molar-refractivity contribution in [3.63, 3.8) is 0 Å². The Morgan fingerprint density at radius 1 is 1.23 bits per heavy atom. The van der Waals surface area contributed by atoms with Gasteiger partial charge in [0.2, 0.25) is 5.91 Å². The molecular formula is C17H32N2O6Si. The third-order valence-corrected chi connectivity index (χ3v) is 9.25. The number of carbonyl (C=O) groups is 2. The van der Waals surface area contributed by atoms with E-state index in [-0.39, 0.29) is 5.04 Å². The smallest absolute Gasteiger partial charge is 0.404 e. The van der Waals surface area contributed by atoms with Crippen LogP contribution in [0.25, 0.3) is 0 Å². The van der Waals surface area contributed by atoms with Gasteiger partial charge in [0, 0.05) is 0 Å². The summed E-state index contributed by atoms with van der Waals surface area (Å²) >= 11 is 0. The van der Waals surface area contributed by atoms with Gasteiger partial charge in [-0.2, -0.15) is 0 Å². The standard InChI is InChI=1S/C17H32N2O6Si/c1-9-10(25-26(7,8)16(2,3)4)11(22-15(19)21)12-13(14(18)20)24-17(5,6)23-12/h9-13H,1H2,2-8H3,(H2,18,20)(H2,19,21)/t10-,11+,12+,13-/m0/s1. The molecule has 9 heteroatoms. The predicted molar refractivity (Wildman–Crippen MR) is 99.7 cm³/mol. The minimum absolute atomic E-state index is 0.0963. The first-order valence-corrected chi connectivity index (χ1v) is 11.4. The van der Waals surface area contributed by atoms with Crippen LogP contribution in [0.3, 0.4) is 0 Å². The Morgan fingerprint density at radius 3 is 2.15 bits per heavy atom. The molecule has 1 saturated heterocycles. The number of hydrogen-bond donors (Lipinski definition) is 2. The SMILES string of the molecule is C=C[C@H](O[Si](C)(C)C(C)(C)C)[C@@H](OC(N)=O)[C@H]1OC(C)(C)O[C@@H]1C(N)=O. The lowest BCUT2D eigenvalue weighted by Crippen LogP contribution is -2.54. The van der Waals surface area contributed by atoms with Crippen LogP contribution in [0.4, 0.5) is 4.79 Å². The first kappa shape index (κ1) is 22.6. The van der Waals surface area contributed by atoms with Crippen molar-refractivity contribution in [3.8, 4) is 0 Å². The molecule has 26 heavy (non-hydrogen) atoms. The molecular weight excluding hydrogens is 356 g/mol. The van der Waals surface area contributed by atoms with Gasteiger partial charge >= 0.3 is 6.09 Å². The fraction of sp³-hybridized carbons (Fsp3) is 0.765. The van der Waals surface area contributed by atoms with E-state index in [1.807, 2.05) is 13.1 Å². The molecule has 4 atom stereocenters. The van der Waals surface area contributed by atoms with Crippen molar-refractivity contribution in [1.29, 1.82) is 0 Å². The second-order valence-electron chi connectivity index (χ2n) is 8.40. The number of amides is 2. The highest BCUT2D eigenvalue weighted by molar-refractivity contribution is 6.74. The van der Waals surface area contributed by atoms with E-state index < -0.39 is 50.5 Å². The van der Waals surface area contributed by atoms with E-state index in [0.717, 1.165) is 0 Å². The summed E-state index contributed by atoms with van der Waals surface area (Å²) in [6, 6.07) is 0. The van der Waals surface area contributed by atoms with Crippen LogP contribution < -0.4 is 11.5 Å². The largest absolute Gasteiger partial charge is 0.440 e. The van der Waals surface area contributed by atoms with Crippen LogP contribution in [-0.2, 0) is 23.4 Å². The highest BCUT2D eigenvalue weighted by Crippen LogP contribution is 2.39. The molecule has 1 aliphatic rings. The van der Waals surface area contributed by atoms with Gasteiger partial charge in [0.15, 0.2) is 26.3 Å². The van der Waals surface area contributed by atoms with Gasteiger partial charge < -0.3 is 30.1 Å². The first-order chi connectivity index (χ1) is 11.6. The van der Waals surface area contributed by atoms with Crippen LogP contribution >= 0.6 is 0 Å². The molecule has 0 aromatic rings. The number of primary amides is 2. The summed E-state index contributed by atoms with van der Waals surface area (Å²) in [6.45, 7) is 17.4. The van der Waals surface area contributed by atoms with Crippen molar-refractivity contribution in [2.75, 3.05) is 0 Å². The van der Waals surface area contributed by atoms with Gasteiger partial charge in [0.1, 0.15) is 12.2 Å². The van der Waals surface area contributed by atoms with Crippen LogP contribution in [0.1, 0.15) is 34.6 Å². The highest BCUT2D eigenvalue weighted by Gasteiger charge is 2.52. The second-order valence-corrected chi connectivity index (χ2v) is 13.2. The van der Waals surface area contributed by atoms with Crippen molar-refractivity contribution < 1.29 is 28.2 Å². The Balaban J connectivity index is 3.24. The molecule has 150 valence electrons. The summed E-state index contributed by atoms with van der Waals surface area (Å²) in [5.74, 6) is -1.81. The highest BCUT2D eigenvalue weighted by atomic mass is 28.4. The predicted octanol–water partition coefficient (Wildman–Crippen LogP) is 2.03. The topological polar surface area (TPSA) is 123 Å². The minimum Gasteiger partial charge on any atom is -0.440 e. The Labute approximate surface area is 156 Å². The lowest BCUT2D eigenvalue weighted by molar-refractivity contribution is -0.162. The summed E-state index contributed by atoms with van der Waals surface area (Å²) in [7, 11) is -2.25. The first-order valence-electron chi connectivity index (χ1n) is 8.53. The van der Waals surface area contributed by atoms with Gasteiger partial charge in [0.25, 0.3) is 0 Å². The Hall–Kier alpha value is -1.42. The summed E-state index contributed by atoms with van der Waals surface area (Å²) in [4.78, 5) is 23.3. The number of rotatable bonds is 7. The molecule has 0 aromatic heterocycles. The Morgan fingerprint density at radius 2 is 1.77 bits per heavy atom. The van der Waals surface area contributed by atoms with Gasteiger partial charge in [-0.3, -0.25) is 4.79 Å². The molecule has 0 aliphatic carbocycles. The number of nitrogens with two attached hydrogens (primary N) is 2. The summed E-state index contributed by atoms with van der Waals surface area (Å²) in [6.07, 6.45) is -3.35. The van der Waals surface area contributed by atoms with Crippen molar-refractivity contribution >= 4 is 20.3 Å². The second kappa shape index (κ2) is 7.67. The molecule has 1 rings (SSSR count). The molecule has 0 radical (unpaired) electrons. The molecule has 0 unspecified atom stereocenters. The maximum atomic E-state index is 11.8. The molecule has 0 aromatic carbocycles. The van der Waals surface area contributed by atoms with E-state index in [4.69, 9.17) is 30.1 Å². The summed E-state index contributed by atoms with van der Waals surface area (Å²) in [5, 5.41) is -0.0963.